The lowest BCUT2D eigenvalue weighted by Crippen LogP contribution is -2.35. The molecule has 1 fully saturated rings. The molecule has 130 valence electrons. The number of hydrogen-bond acceptors (Lipinski definition) is 3. The highest BCUT2D eigenvalue weighted by molar-refractivity contribution is 6.27. The quantitative estimate of drug-likeness (QED) is 0.766. The molecule has 0 saturated carbocycles. The van der Waals surface area contributed by atoms with Gasteiger partial charge in [0.2, 0.25) is 5.91 Å². The number of halogens is 2. The fraction of sp³-hybridized carbons (Fsp3) is 0.588. The predicted octanol–water partition coefficient (Wildman–Crippen LogP) is 3.74. The van der Waals surface area contributed by atoms with E-state index in [1.807, 2.05) is 30.9 Å². The van der Waals surface area contributed by atoms with Crippen molar-refractivity contribution in [3.8, 4) is 5.75 Å². The smallest absolute Gasteiger partial charge is 0.237 e. The minimum absolute atomic E-state index is 0.00795. The second-order valence-electron chi connectivity index (χ2n) is 4.98. The molecule has 1 saturated heterocycles. The van der Waals surface area contributed by atoms with Crippen molar-refractivity contribution in [2.45, 2.75) is 26.1 Å². The third-order valence-corrected chi connectivity index (χ3v) is 4.26. The average molecular weight is 361 g/mol. The maximum Gasteiger partial charge on any atom is 0.237 e. The number of nitrogens with zero attached hydrogens (tertiary/aromatic N) is 2. The van der Waals surface area contributed by atoms with Crippen molar-refractivity contribution >= 4 is 34.8 Å². The van der Waals surface area contributed by atoms with E-state index in [1.54, 1.807) is 7.11 Å². The summed E-state index contributed by atoms with van der Waals surface area (Å²) in [5, 5.41) is 0. The van der Waals surface area contributed by atoms with Gasteiger partial charge in [-0.05, 0) is 12.5 Å². The number of carbonyl (C=O) groups excluding carboxylic acids is 1. The molecule has 0 unspecified atom stereocenters. The zero-order valence-electron chi connectivity index (χ0n) is 14.1. The Morgan fingerprint density at radius 3 is 2.52 bits per heavy atom. The molecule has 1 aromatic carbocycles. The van der Waals surface area contributed by atoms with Gasteiger partial charge in [0.15, 0.2) is 0 Å². The van der Waals surface area contributed by atoms with Gasteiger partial charge in [-0.25, -0.2) is 0 Å². The summed E-state index contributed by atoms with van der Waals surface area (Å²) >= 11 is 11.5. The number of benzene rings is 1. The fourth-order valence-corrected chi connectivity index (χ4v) is 2.94. The molecular weight excluding hydrogens is 335 g/mol. The molecule has 23 heavy (non-hydrogen) atoms. The third-order valence-electron chi connectivity index (χ3n) is 3.74. The van der Waals surface area contributed by atoms with Gasteiger partial charge in [0, 0.05) is 43.5 Å². The number of alkyl halides is 2. The van der Waals surface area contributed by atoms with E-state index in [0.29, 0.717) is 12.4 Å². The van der Waals surface area contributed by atoms with Crippen molar-refractivity contribution in [3.63, 3.8) is 0 Å². The largest absolute Gasteiger partial charge is 0.496 e. The second-order valence-corrected chi connectivity index (χ2v) is 5.52. The molecule has 0 spiro atoms. The van der Waals surface area contributed by atoms with Gasteiger partial charge in [-0.15, -0.1) is 23.2 Å². The van der Waals surface area contributed by atoms with E-state index in [1.165, 1.54) is 0 Å². The van der Waals surface area contributed by atoms with Crippen LogP contribution in [0.5, 0.6) is 5.75 Å². The first kappa shape index (κ1) is 19.9. The van der Waals surface area contributed by atoms with Crippen LogP contribution in [-0.2, 0) is 10.7 Å². The van der Waals surface area contributed by atoms with E-state index in [9.17, 15) is 4.79 Å². The van der Waals surface area contributed by atoms with Gasteiger partial charge < -0.3 is 14.5 Å². The van der Waals surface area contributed by atoms with E-state index < -0.39 is 0 Å². The fourth-order valence-electron chi connectivity index (χ4n) is 2.55. The summed E-state index contributed by atoms with van der Waals surface area (Å²) in [4.78, 5) is 15.8. The number of rotatable bonds is 4. The summed E-state index contributed by atoms with van der Waals surface area (Å²) < 4.78 is 5.38. The summed E-state index contributed by atoms with van der Waals surface area (Å²) in [5.41, 5.74) is 2.08. The summed E-state index contributed by atoms with van der Waals surface area (Å²) in [6.45, 7) is 7.17. The molecule has 1 aromatic rings. The second kappa shape index (κ2) is 10.6. The normalized spacial score (nSPS) is 14.7. The Morgan fingerprint density at radius 1 is 1.17 bits per heavy atom. The molecule has 0 aromatic heterocycles. The van der Waals surface area contributed by atoms with E-state index >= 15 is 0 Å². The Kier molecular flexibility index (Phi) is 9.19. The lowest BCUT2D eigenvalue weighted by atomic mass is 10.2. The topological polar surface area (TPSA) is 32.8 Å². The monoisotopic (exact) mass is 360 g/mol. The average Bonchev–Trinajstić information content (AvgIpc) is 2.88. The summed E-state index contributed by atoms with van der Waals surface area (Å²) in [6, 6.07) is 6.06. The molecule has 1 amide bonds. The van der Waals surface area contributed by atoms with Gasteiger partial charge >= 0.3 is 0 Å². The Morgan fingerprint density at radius 2 is 1.91 bits per heavy atom. The lowest BCUT2D eigenvalue weighted by molar-refractivity contribution is -0.128. The summed E-state index contributed by atoms with van der Waals surface area (Å²) in [6.07, 6.45) is 0.933. The first-order valence-electron chi connectivity index (χ1n) is 8.01. The minimum Gasteiger partial charge on any atom is -0.496 e. The van der Waals surface area contributed by atoms with Crippen LogP contribution in [0.2, 0.25) is 0 Å². The van der Waals surface area contributed by atoms with Gasteiger partial charge in [-0.2, -0.15) is 0 Å². The summed E-state index contributed by atoms with van der Waals surface area (Å²) in [5.74, 6) is 1.30. The maximum atomic E-state index is 11.7. The zero-order valence-corrected chi connectivity index (χ0v) is 15.7. The van der Waals surface area contributed by atoms with Crippen molar-refractivity contribution in [1.82, 2.24) is 4.90 Å². The van der Waals surface area contributed by atoms with Gasteiger partial charge in [0.05, 0.1) is 13.0 Å². The van der Waals surface area contributed by atoms with Gasteiger partial charge in [0.1, 0.15) is 11.6 Å². The number of ether oxygens (including phenoxy) is 1. The van der Waals surface area contributed by atoms with Crippen LogP contribution >= 0.6 is 23.2 Å². The first-order chi connectivity index (χ1) is 11.2. The Labute approximate surface area is 149 Å². The maximum absolute atomic E-state index is 11.7. The van der Waals surface area contributed by atoms with Gasteiger partial charge in [0.25, 0.3) is 0 Å². The van der Waals surface area contributed by atoms with Crippen molar-refractivity contribution < 1.29 is 9.53 Å². The van der Waals surface area contributed by atoms with Gasteiger partial charge in [-0.1, -0.05) is 19.9 Å². The molecule has 1 aliphatic heterocycles. The molecule has 0 atom stereocenters. The highest BCUT2D eigenvalue weighted by Gasteiger charge is 2.19. The Bertz CT molecular complexity index is 497. The van der Waals surface area contributed by atoms with Crippen LogP contribution in [0.4, 0.5) is 5.69 Å². The highest BCUT2D eigenvalue weighted by Crippen LogP contribution is 2.27. The molecule has 6 heteroatoms. The minimum atomic E-state index is 0.00795. The SMILES string of the molecule is CC.COc1cc(N2CCCN(C(=O)CCl)CC2)ccc1CCl. The standard InChI is InChI=1S/C15H20Cl2N2O2.C2H6/c1-21-14-9-13(4-3-12(14)10-16)18-5-2-6-19(8-7-18)15(20)11-17;1-2/h3-4,9H,2,5-8,10-11H2,1H3;1-2H3. The van der Waals surface area contributed by atoms with Crippen LogP contribution < -0.4 is 9.64 Å². The summed E-state index contributed by atoms with van der Waals surface area (Å²) in [7, 11) is 1.65. The zero-order chi connectivity index (χ0) is 17.2. The van der Waals surface area contributed by atoms with Crippen LogP contribution in [0.3, 0.4) is 0 Å². The Hall–Kier alpha value is -1.13. The van der Waals surface area contributed by atoms with Crippen LogP contribution in [0.15, 0.2) is 18.2 Å². The number of anilines is 1. The van der Waals surface area contributed by atoms with Crippen LogP contribution in [-0.4, -0.2) is 50.0 Å². The van der Waals surface area contributed by atoms with Crippen molar-refractivity contribution in [2.75, 3.05) is 44.1 Å². The molecule has 0 aliphatic carbocycles. The van der Waals surface area contributed by atoms with E-state index in [4.69, 9.17) is 27.9 Å². The van der Waals surface area contributed by atoms with Crippen LogP contribution in [0, 0.1) is 0 Å². The number of amides is 1. The lowest BCUT2D eigenvalue weighted by Gasteiger charge is -2.24. The molecule has 0 bridgehead atoms. The van der Waals surface area contributed by atoms with Crippen LogP contribution in [0.25, 0.3) is 0 Å². The molecule has 2 rings (SSSR count). The van der Waals surface area contributed by atoms with Crippen molar-refractivity contribution in [1.29, 1.82) is 0 Å². The molecule has 0 radical (unpaired) electrons. The molecular formula is C17H26Cl2N2O2. The molecule has 4 nitrogen and oxygen atoms in total. The first-order valence-corrected chi connectivity index (χ1v) is 9.08. The predicted molar refractivity (Wildman–Crippen MR) is 98.0 cm³/mol. The number of carbonyl (C=O) groups is 1. The van der Waals surface area contributed by atoms with Crippen molar-refractivity contribution in [3.05, 3.63) is 23.8 Å². The Balaban J connectivity index is 0.00000127. The molecule has 1 heterocycles. The van der Waals surface area contributed by atoms with Crippen LogP contribution in [0.1, 0.15) is 25.8 Å². The van der Waals surface area contributed by atoms with Gasteiger partial charge in [-0.3, -0.25) is 4.79 Å². The third kappa shape index (κ3) is 5.47. The van der Waals surface area contributed by atoms with E-state index in [2.05, 4.69) is 11.0 Å². The van der Waals surface area contributed by atoms with E-state index in [-0.39, 0.29) is 11.8 Å². The molecule has 0 N–H and O–H groups in total. The highest BCUT2D eigenvalue weighted by atomic mass is 35.5. The number of methoxy groups -OCH3 is 1. The number of hydrogen-bond donors (Lipinski definition) is 0. The molecule has 1 aliphatic rings. The van der Waals surface area contributed by atoms with Crippen molar-refractivity contribution in [2.24, 2.45) is 0 Å². The van der Waals surface area contributed by atoms with E-state index in [0.717, 1.165) is 43.1 Å².